The number of anilines is 2. The van der Waals surface area contributed by atoms with Crippen LogP contribution >= 0.6 is 27.0 Å². The number of carbonyl (C=O) groups excluding carboxylic acids is 3. The van der Waals surface area contributed by atoms with Gasteiger partial charge in [-0.15, -0.1) is 0 Å². The zero-order chi connectivity index (χ0) is 57.3. The molecule has 0 spiro atoms. The number of amides is 3. The average Bonchev–Trinajstić information content (AvgIpc) is 3.43. The molecule has 0 radical (unpaired) electrons. The zero-order valence-corrected chi connectivity index (χ0v) is 53.1. The molecule has 0 bridgehead atoms. The predicted octanol–water partition coefficient (Wildman–Crippen LogP) is 15.3. The van der Waals surface area contributed by atoms with Crippen LogP contribution in [0.2, 0.25) is 0 Å². The molecule has 6 aromatic carbocycles. The van der Waals surface area contributed by atoms with Crippen LogP contribution < -0.4 is 11.1 Å². The van der Waals surface area contributed by atoms with E-state index in [1.165, 1.54) is 40.3 Å². The summed E-state index contributed by atoms with van der Waals surface area (Å²) in [5.74, 6) is 1.87. The minimum Gasteiger partial charge on any atom is -0.399 e. The van der Waals surface area contributed by atoms with Crippen molar-refractivity contribution in [3.05, 3.63) is 201 Å². The number of nitrogen functional groups attached to an aromatic ring is 1. The van der Waals surface area contributed by atoms with Gasteiger partial charge in [-0.05, 0) is 172 Å². The minimum atomic E-state index is -0.0603. The number of hydrogen-bond acceptors (Lipinski definition) is 6. The molecule has 0 aliphatic carbocycles. The molecule has 11 heteroatoms. The summed E-state index contributed by atoms with van der Waals surface area (Å²) in [6.45, 7) is 29.6. The predicted molar refractivity (Wildman–Crippen MR) is 353 cm³/mol. The molecule has 0 saturated heterocycles. The highest BCUT2D eigenvalue weighted by Gasteiger charge is 2.25. The van der Waals surface area contributed by atoms with Gasteiger partial charge in [-0.25, -0.2) is 0 Å². The van der Waals surface area contributed by atoms with Crippen LogP contribution in [-0.4, -0.2) is 75.6 Å². The van der Waals surface area contributed by atoms with Crippen LogP contribution in [0.5, 0.6) is 0 Å². The molecule has 8 rings (SSSR count). The maximum absolute atomic E-state index is 13.7. The van der Waals surface area contributed by atoms with Gasteiger partial charge in [-0.3, -0.25) is 24.2 Å². The molecule has 2 aliphatic rings. The maximum atomic E-state index is 13.7. The topological polar surface area (TPSA) is 102 Å². The first-order valence-corrected chi connectivity index (χ1v) is 29.4. The lowest BCUT2D eigenvalue weighted by atomic mass is 9.97. The minimum absolute atomic E-state index is 0. The molecule has 6 aromatic rings. The number of carbonyl (C=O) groups is 3. The summed E-state index contributed by atoms with van der Waals surface area (Å²) in [6.07, 6.45) is 8.22. The molecule has 0 aromatic heterocycles. The van der Waals surface area contributed by atoms with E-state index < -0.39 is 0 Å². The number of hydrogen-bond donors (Lipinski definition) is 2. The van der Waals surface area contributed by atoms with Gasteiger partial charge in [-0.2, -0.15) is 27.0 Å². The van der Waals surface area contributed by atoms with E-state index in [9.17, 15) is 14.4 Å². The molecule has 440 valence electrons. The number of aryl methyl sites for hydroxylation is 2. The van der Waals surface area contributed by atoms with Gasteiger partial charge in [-0.1, -0.05) is 151 Å². The number of nitrogens with one attached hydrogen (secondary N) is 1. The molecule has 0 unspecified atom stereocenters. The lowest BCUT2D eigenvalue weighted by Gasteiger charge is -2.31. The van der Waals surface area contributed by atoms with E-state index in [1.54, 1.807) is 0 Å². The Morgan fingerprint density at radius 1 is 0.494 bits per heavy atom. The molecule has 3 amide bonds. The number of unbranched alkanes of at least 4 members (excludes halogenated alkanes) is 2. The fraction of sp³-hybridized carbons (Fsp3) is 0.443. The van der Waals surface area contributed by atoms with Crippen LogP contribution in [0.25, 0.3) is 0 Å². The Labute approximate surface area is 503 Å². The van der Waals surface area contributed by atoms with E-state index in [2.05, 4.69) is 175 Å². The molecule has 2 heterocycles. The second-order valence-electron chi connectivity index (χ2n) is 23.5. The van der Waals surface area contributed by atoms with Gasteiger partial charge >= 0.3 is 0 Å². The third-order valence-corrected chi connectivity index (χ3v) is 13.9. The van der Waals surface area contributed by atoms with Crippen molar-refractivity contribution >= 4 is 56.1 Å². The highest BCUT2D eigenvalue weighted by molar-refractivity contribution is 7.59. The summed E-state index contributed by atoms with van der Waals surface area (Å²) >= 11 is 0. The Kier molecular flexibility index (Phi) is 31.3. The van der Waals surface area contributed by atoms with Gasteiger partial charge in [0.1, 0.15) is 0 Å². The molecular formula is C70H100N6O3S2. The monoisotopic (exact) mass is 1140 g/mol. The average molecular weight is 1140 g/mol. The molecular weight excluding hydrogens is 1040 g/mol. The first kappa shape index (κ1) is 69.4. The number of benzene rings is 6. The standard InChI is InChI=1S/C32H39N3O2.C30H37N3O.2C4H10.2H2S/c1-24(2)35(19-10-9-13-26-11-5-4-6-12-26)32(37)31-15-8-7-14-28(31)22-34-20-18-27-16-17-30(33-25(3)36)21-29(27)23-34;1-23(2)33(18-9-8-12-24-10-4-3-5-11-24)30(34)29-14-7-6-13-26(29)21-32-19-17-25-15-16-28(31)20-27(25)22-32;2*1-4(2)3;;/h4-8,11-12,14-17,21,24H,9-10,13,18-20,22-23H2,1-3H3,(H,33,36);3-7,10-11,13-16,20,23H,8-9,12,17-19,21-22,31H2,1-2H3;2*4H,1-3H3;2*1H2. The van der Waals surface area contributed by atoms with E-state index >= 15 is 0 Å². The Balaban J connectivity index is 0.000000368. The Morgan fingerprint density at radius 2 is 0.877 bits per heavy atom. The molecule has 81 heavy (non-hydrogen) atoms. The molecule has 0 fully saturated rings. The van der Waals surface area contributed by atoms with E-state index in [-0.39, 0.29) is 56.8 Å². The number of rotatable bonds is 19. The molecule has 9 nitrogen and oxygen atoms in total. The van der Waals surface area contributed by atoms with Crippen LogP contribution in [0.1, 0.15) is 167 Å². The van der Waals surface area contributed by atoms with Crippen molar-refractivity contribution in [2.24, 2.45) is 11.8 Å². The first-order chi connectivity index (χ1) is 37.9. The first-order valence-electron chi connectivity index (χ1n) is 29.4. The summed E-state index contributed by atoms with van der Waals surface area (Å²) < 4.78 is 0. The van der Waals surface area contributed by atoms with Gasteiger partial charge in [0, 0.05) is 93.9 Å². The lowest BCUT2D eigenvalue weighted by molar-refractivity contribution is -0.114. The Morgan fingerprint density at radius 3 is 1.28 bits per heavy atom. The van der Waals surface area contributed by atoms with E-state index in [1.807, 2.05) is 64.4 Å². The number of fused-ring (bicyclic) bond motifs is 2. The quantitative estimate of drug-likeness (QED) is 0.0619. The van der Waals surface area contributed by atoms with Gasteiger partial charge in [0.25, 0.3) is 11.8 Å². The number of nitrogens with two attached hydrogens (primary N) is 1. The van der Waals surface area contributed by atoms with Crippen LogP contribution in [-0.2, 0) is 56.7 Å². The normalized spacial score (nSPS) is 12.7. The second kappa shape index (κ2) is 36.6. The summed E-state index contributed by atoms with van der Waals surface area (Å²) in [5.41, 5.74) is 19.5. The Bertz CT molecular complexity index is 2770. The van der Waals surface area contributed by atoms with Crippen molar-refractivity contribution in [1.29, 1.82) is 0 Å². The number of nitrogens with zero attached hydrogens (tertiary/aromatic N) is 4. The second-order valence-corrected chi connectivity index (χ2v) is 23.5. The molecule has 3 N–H and O–H groups in total. The van der Waals surface area contributed by atoms with E-state index in [0.717, 1.165) is 149 Å². The molecule has 2 aliphatic heterocycles. The van der Waals surface area contributed by atoms with E-state index in [0.29, 0.717) is 0 Å². The van der Waals surface area contributed by atoms with Gasteiger partial charge in [0.05, 0.1) is 0 Å². The van der Waals surface area contributed by atoms with Crippen molar-refractivity contribution in [3.8, 4) is 0 Å². The van der Waals surface area contributed by atoms with Crippen molar-refractivity contribution in [1.82, 2.24) is 19.6 Å². The van der Waals surface area contributed by atoms with Crippen molar-refractivity contribution in [2.75, 3.05) is 37.2 Å². The Hall–Kier alpha value is -5.85. The SMILES string of the molecule is CC(=O)Nc1ccc2c(c1)CN(Cc1ccccc1C(=O)N(CCCCc1ccccc1)C(C)C)CC2.CC(C)C.CC(C)C.CC(C)N(CCCCc1ccccc1)C(=O)c1ccccc1CN1CCc2ccc(N)cc2C1.S.S. The van der Waals surface area contributed by atoms with Crippen LogP contribution in [0.4, 0.5) is 11.4 Å². The highest BCUT2D eigenvalue weighted by atomic mass is 32.1. The van der Waals surface area contributed by atoms with Crippen LogP contribution in [0.3, 0.4) is 0 Å². The fourth-order valence-electron chi connectivity index (χ4n) is 10.0. The van der Waals surface area contributed by atoms with Crippen LogP contribution in [0, 0.1) is 11.8 Å². The fourth-order valence-corrected chi connectivity index (χ4v) is 10.0. The summed E-state index contributed by atoms with van der Waals surface area (Å²) in [6, 6.07) is 50.0. The summed E-state index contributed by atoms with van der Waals surface area (Å²) in [4.78, 5) is 47.7. The van der Waals surface area contributed by atoms with Crippen molar-refractivity contribution < 1.29 is 14.4 Å². The third-order valence-electron chi connectivity index (χ3n) is 13.9. The smallest absolute Gasteiger partial charge is 0.254 e. The molecule has 0 saturated carbocycles. The van der Waals surface area contributed by atoms with Crippen LogP contribution in [0.15, 0.2) is 146 Å². The van der Waals surface area contributed by atoms with Gasteiger partial charge < -0.3 is 20.9 Å². The van der Waals surface area contributed by atoms with Gasteiger partial charge in [0.15, 0.2) is 0 Å². The van der Waals surface area contributed by atoms with Crippen molar-refractivity contribution in [2.45, 2.75) is 166 Å². The summed E-state index contributed by atoms with van der Waals surface area (Å²) in [7, 11) is 0. The highest BCUT2D eigenvalue weighted by Crippen LogP contribution is 2.27. The lowest BCUT2D eigenvalue weighted by Crippen LogP contribution is -2.39. The largest absolute Gasteiger partial charge is 0.399 e. The maximum Gasteiger partial charge on any atom is 0.254 e. The zero-order valence-electron chi connectivity index (χ0n) is 51.1. The van der Waals surface area contributed by atoms with Gasteiger partial charge in [0.2, 0.25) is 5.91 Å². The van der Waals surface area contributed by atoms with E-state index in [4.69, 9.17) is 5.73 Å². The van der Waals surface area contributed by atoms with Crippen molar-refractivity contribution in [3.63, 3.8) is 0 Å². The summed E-state index contributed by atoms with van der Waals surface area (Å²) in [5, 5.41) is 2.89. The molecule has 0 atom stereocenters. The third kappa shape index (κ3) is 24.3.